The number of carbonyl (C=O) groups excluding carboxylic acids is 2. The van der Waals surface area contributed by atoms with Gasteiger partial charge in [0.05, 0.1) is 6.42 Å². The summed E-state index contributed by atoms with van der Waals surface area (Å²) in [5.74, 6) is -2.20. The molecule has 2 rings (SSSR count). The van der Waals surface area contributed by atoms with Crippen LogP contribution in [-0.2, 0) is 19.6 Å². The zero-order chi connectivity index (χ0) is 15.8. The van der Waals surface area contributed by atoms with E-state index < -0.39 is 44.2 Å². The van der Waals surface area contributed by atoms with Crippen LogP contribution < -0.4 is 4.72 Å². The summed E-state index contributed by atoms with van der Waals surface area (Å²) >= 11 is 0. The Kier molecular flexibility index (Phi) is 3.76. The molecule has 7 nitrogen and oxygen atoms in total. The van der Waals surface area contributed by atoms with E-state index in [-0.39, 0.29) is 6.42 Å². The minimum absolute atomic E-state index is 0.314. The Labute approximate surface area is 120 Å². The zero-order valence-electron chi connectivity index (χ0n) is 10.8. The Morgan fingerprint density at radius 2 is 2.10 bits per heavy atom. The summed E-state index contributed by atoms with van der Waals surface area (Å²) in [4.78, 5) is 23.3. The van der Waals surface area contributed by atoms with Gasteiger partial charge in [0.25, 0.3) is 0 Å². The number of carbonyl (C=O) groups is 2. The average Bonchev–Trinajstić information content (AvgIpc) is 2.65. The number of imide groups is 1. The summed E-state index contributed by atoms with van der Waals surface area (Å²) < 4.78 is 39.8. The molecule has 1 saturated heterocycles. The Morgan fingerprint density at radius 1 is 1.43 bits per heavy atom. The van der Waals surface area contributed by atoms with Gasteiger partial charge >= 0.3 is 0 Å². The molecule has 0 radical (unpaired) electrons. The van der Waals surface area contributed by atoms with E-state index in [1.807, 2.05) is 4.72 Å². The molecule has 9 heteroatoms. The van der Waals surface area contributed by atoms with Gasteiger partial charge in [-0.1, -0.05) is 6.07 Å². The first-order valence-corrected chi connectivity index (χ1v) is 7.27. The number of nitriles is 1. The van der Waals surface area contributed by atoms with E-state index in [1.54, 1.807) is 0 Å². The van der Waals surface area contributed by atoms with E-state index in [2.05, 4.69) is 0 Å². The number of nitrogens with zero attached hydrogens (tertiary/aromatic N) is 2. The summed E-state index contributed by atoms with van der Waals surface area (Å²) in [6.07, 6.45) is -0.314. The lowest BCUT2D eigenvalue weighted by Crippen LogP contribution is -2.40. The highest BCUT2D eigenvalue weighted by atomic mass is 32.2. The summed E-state index contributed by atoms with van der Waals surface area (Å²) in [5, 5.41) is 8.85. The number of nitrogens with one attached hydrogen (secondary N) is 1. The van der Waals surface area contributed by atoms with Crippen LogP contribution in [-0.4, -0.2) is 38.2 Å². The zero-order valence-corrected chi connectivity index (χ0v) is 11.6. The highest BCUT2D eigenvalue weighted by Gasteiger charge is 2.39. The van der Waals surface area contributed by atoms with Gasteiger partial charge in [-0.05, 0) is 12.1 Å². The molecule has 1 N–H and O–H groups in total. The number of hydrogen-bond acceptors (Lipinski definition) is 5. The van der Waals surface area contributed by atoms with Crippen molar-refractivity contribution in [2.24, 2.45) is 0 Å². The van der Waals surface area contributed by atoms with E-state index in [4.69, 9.17) is 5.26 Å². The van der Waals surface area contributed by atoms with Gasteiger partial charge in [-0.2, -0.15) is 9.98 Å². The van der Waals surface area contributed by atoms with Crippen molar-refractivity contribution in [3.63, 3.8) is 0 Å². The Balaban J connectivity index is 2.37. The lowest BCUT2D eigenvalue weighted by Gasteiger charge is -2.12. The lowest BCUT2D eigenvalue weighted by molar-refractivity contribution is -0.137. The molecule has 1 heterocycles. The maximum absolute atomic E-state index is 13.5. The molecule has 1 aromatic carbocycles. The number of rotatable bonds is 3. The minimum Gasteiger partial charge on any atom is -0.284 e. The van der Waals surface area contributed by atoms with Crippen LogP contribution >= 0.6 is 0 Å². The predicted molar refractivity (Wildman–Crippen MR) is 67.6 cm³/mol. The van der Waals surface area contributed by atoms with Crippen LogP contribution in [0.15, 0.2) is 23.1 Å². The van der Waals surface area contributed by atoms with Crippen molar-refractivity contribution in [3.8, 4) is 6.07 Å². The molecule has 1 fully saturated rings. The SMILES string of the molecule is CN1C(=O)CC(NS(=O)(=O)c2cccc(F)c2C#N)C1=O. The van der Waals surface area contributed by atoms with Crippen molar-refractivity contribution in [1.29, 1.82) is 5.26 Å². The quantitative estimate of drug-likeness (QED) is 0.773. The highest BCUT2D eigenvalue weighted by molar-refractivity contribution is 7.89. The molecule has 1 aliphatic rings. The van der Waals surface area contributed by atoms with Crippen LogP contribution in [0.3, 0.4) is 0 Å². The molecular weight excluding hydrogens is 301 g/mol. The van der Waals surface area contributed by atoms with Crippen LogP contribution in [0.1, 0.15) is 12.0 Å². The highest BCUT2D eigenvalue weighted by Crippen LogP contribution is 2.20. The van der Waals surface area contributed by atoms with Gasteiger partial charge < -0.3 is 0 Å². The molecule has 1 unspecified atom stereocenters. The second kappa shape index (κ2) is 5.23. The molecule has 110 valence electrons. The molecule has 2 amide bonds. The number of halogens is 1. The van der Waals surface area contributed by atoms with Crippen LogP contribution in [0.25, 0.3) is 0 Å². The van der Waals surface area contributed by atoms with E-state index in [1.165, 1.54) is 13.1 Å². The molecule has 1 atom stereocenters. The third kappa shape index (κ3) is 2.63. The fourth-order valence-electron chi connectivity index (χ4n) is 1.94. The number of likely N-dealkylation sites (tertiary alicyclic amines) is 1. The normalized spacial score (nSPS) is 18.9. The number of hydrogen-bond donors (Lipinski definition) is 1. The minimum atomic E-state index is -4.30. The van der Waals surface area contributed by atoms with E-state index in [0.29, 0.717) is 0 Å². The van der Waals surface area contributed by atoms with Crippen molar-refractivity contribution in [2.75, 3.05) is 7.05 Å². The molecule has 0 bridgehead atoms. The van der Waals surface area contributed by atoms with Crippen LogP contribution in [0, 0.1) is 17.1 Å². The number of sulfonamides is 1. The largest absolute Gasteiger partial charge is 0.284 e. The Bertz CT molecular complexity index is 769. The predicted octanol–water partition coefficient (Wildman–Crippen LogP) is -0.267. The maximum Gasteiger partial charge on any atom is 0.247 e. The molecule has 1 aliphatic heterocycles. The fourth-order valence-corrected chi connectivity index (χ4v) is 3.29. The van der Waals surface area contributed by atoms with Gasteiger partial charge in [-0.25, -0.2) is 12.8 Å². The van der Waals surface area contributed by atoms with Crippen molar-refractivity contribution < 1.29 is 22.4 Å². The smallest absolute Gasteiger partial charge is 0.247 e. The van der Waals surface area contributed by atoms with E-state index in [0.717, 1.165) is 23.1 Å². The third-order valence-corrected chi connectivity index (χ3v) is 4.57. The third-order valence-electron chi connectivity index (χ3n) is 3.06. The van der Waals surface area contributed by atoms with E-state index >= 15 is 0 Å². The maximum atomic E-state index is 13.5. The topological polar surface area (TPSA) is 107 Å². The van der Waals surface area contributed by atoms with Gasteiger partial charge in [0.2, 0.25) is 21.8 Å². The summed E-state index contributed by atoms with van der Waals surface area (Å²) in [5.41, 5.74) is -0.643. The fraction of sp³-hybridized carbons (Fsp3) is 0.250. The summed E-state index contributed by atoms with van der Waals surface area (Å²) in [6, 6.07) is 3.36. The molecule has 0 spiro atoms. The number of benzene rings is 1. The molecule has 21 heavy (non-hydrogen) atoms. The van der Waals surface area contributed by atoms with Gasteiger partial charge in [0, 0.05) is 7.05 Å². The lowest BCUT2D eigenvalue weighted by atomic mass is 10.2. The van der Waals surface area contributed by atoms with Gasteiger partial charge in [-0.3, -0.25) is 14.5 Å². The van der Waals surface area contributed by atoms with Crippen molar-refractivity contribution in [2.45, 2.75) is 17.4 Å². The monoisotopic (exact) mass is 311 g/mol. The number of amides is 2. The Morgan fingerprint density at radius 3 is 2.62 bits per heavy atom. The van der Waals surface area contributed by atoms with Crippen molar-refractivity contribution >= 4 is 21.8 Å². The first-order valence-electron chi connectivity index (χ1n) is 5.79. The molecule has 1 aromatic rings. The first kappa shape index (κ1) is 15.1. The van der Waals surface area contributed by atoms with Crippen LogP contribution in [0.5, 0.6) is 0 Å². The van der Waals surface area contributed by atoms with Gasteiger partial charge in [0.1, 0.15) is 28.4 Å². The molecular formula is C12H10FN3O4S. The number of likely N-dealkylation sites (N-methyl/N-ethyl adjacent to an activating group) is 1. The van der Waals surface area contributed by atoms with Gasteiger partial charge in [-0.15, -0.1) is 0 Å². The first-order chi connectivity index (χ1) is 9.77. The second-order valence-corrected chi connectivity index (χ2v) is 6.08. The van der Waals surface area contributed by atoms with Crippen molar-refractivity contribution in [1.82, 2.24) is 9.62 Å². The average molecular weight is 311 g/mol. The molecule has 0 aliphatic carbocycles. The Hall–Kier alpha value is -2.31. The van der Waals surface area contributed by atoms with Crippen LogP contribution in [0.2, 0.25) is 0 Å². The second-order valence-electron chi connectivity index (χ2n) is 4.39. The summed E-state index contributed by atoms with van der Waals surface area (Å²) in [7, 11) is -3.06. The van der Waals surface area contributed by atoms with Crippen LogP contribution in [0.4, 0.5) is 4.39 Å². The summed E-state index contributed by atoms with van der Waals surface area (Å²) in [6.45, 7) is 0. The van der Waals surface area contributed by atoms with Gasteiger partial charge in [0.15, 0.2) is 0 Å². The van der Waals surface area contributed by atoms with Crippen molar-refractivity contribution in [3.05, 3.63) is 29.6 Å². The van der Waals surface area contributed by atoms with E-state index in [9.17, 15) is 22.4 Å². The molecule has 0 aromatic heterocycles. The molecule has 0 saturated carbocycles. The standard InChI is InChI=1S/C12H10FN3O4S/c1-16-11(17)5-9(12(16)18)15-21(19,20)10-4-2-3-8(13)7(10)6-14/h2-4,9,15H,5H2,1H3.